The Morgan fingerprint density at radius 2 is 2.29 bits per heavy atom. The SMILES string of the molecule is Cc1cc(S)c(C#N)c(CC(=O)O)c1. The van der Waals surface area contributed by atoms with Crippen molar-refractivity contribution >= 4 is 18.6 Å². The van der Waals surface area contributed by atoms with Crippen LogP contribution in [-0.4, -0.2) is 11.1 Å². The van der Waals surface area contributed by atoms with E-state index in [2.05, 4.69) is 12.6 Å². The molecule has 0 atom stereocenters. The number of rotatable bonds is 2. The largest absolute Gasteiger partial charge is 0.481 e. The molecule has 1 aromatic carbocycles. The van der Waals surface area contributed by atoms with Crippen LogP contribution in [0.25, 0.3) is 0 Å². The molecule has 0 unspecified atom stereocenters. The third-order valence-corrected chi connectivity index (χ3v) is 2.15. The highest BCUT2D eigenvalue weighted by atomic mass is 32.1. The van der Waals surface area contributed by atoms with Crippen LogP contribution in [0.15, 0.2) is 17.0 Å². The topological polar surface area (TPSA) is 61.1 Å². The van der Waals surface area contributed by atoms with Crippen molar-refractivity contribution in [2.45, 2.75) is 18.2 Å². The minimum atomic E-state index is -0.945. The average Bonchev–Trinajstić information content (AvgIpc) is 2.01. The predicted molar refractivity (Wildman–Crippen MR) is 54.5 cm³/mol. The molecule has 14 heavy (non-hydrogen) atoms. The molecule has 1 N–H and O–H groups in total. The van der Waals surface area contributed by atoms with Gasteiger partial charge in [-0.25, -0.2) is 0 Å². The van der Waals surface area contributed by atoms with Gasteiger partial charge in [-0.3, -0.25) is 4.79 Å². The summed E-state index contributed by atoms with van der Waals surface area (Å²) in [6.07, 6.45) is -0.141. The Morgan fingerprint density at radius 1 is 1.64 bits per heavy atom. The maximum absolute atomic E-state index is 10.5. The van der Waals surface area contributed by atoms with E-state index in [1.807, 2.05) is 13.0 Å². The molecule has 0 saturated carbocycles. The smallest absolute Gasteiger partial charge is 0.307 e. The van der Waals surface area contributed by atoms with Crippen molar-refractivity contribution in [1.82, 2.24) is 0 Å². The molecule has 0 aromatic heterocycles. The van der Waals surface area contributed by atoms with Gasteiger partial charge in [-0.2, -0.15) is 5.26 Å². The normalized spacial score (nSPS) is 9.50. The second kappa shape index (κ2) is 4.16. The Hall–Kier alpha value is -1.47. The number of hydrogen-bond acceptors (Lipinski definition) is 3. The van der Waals surface area contributed by atoms with Gasteiger partial charge in [0, 0.05) is 4.90 Å². The van der Waals surface area contributed by atoms with Gasteiger partial charge in [0.25, 0.3) is 0 Å². The van der Waals surface area contributed by atoms with Gasteiger partial charge >= 0.3 is 5.97 Å². The highest BCUT2D eigenvalue weighted by Gasteiger charge is 2.10. The lowest BCUT2D eigenvalue weighted by Crippen LogP contribution is -2.03. The number of benzene rings is 1. The number of hydrogen-bond donors (Lipinski definition) is 2. The van der Waals surface area contributed by atoms with Crippen molar-refractivity contribution in [3.8, 4) is 6.07 Å². The summed E-state index contributed by atoms with van der Waals surface area (Å²) in [5.41, 5.74) is 1.77. The summed E-state index contributed by atoms with van der Waals surface area (Å²) in [6, 6.07) is 5.40. The molecule has 0 amide bonds. The average molecular weight is 207 g/mol. The van der Waals surface area contributed by atoms with Crippen LogP contribution in [0.4, 0.5) is 0 Å². The number of thiol groups is 1. The van der Waals surface area contributed by atoms with E-state index in [1.54, 1.807) is 12.1 Å². The molecule has 0 fully saturated rings. The van der Waals surface area contributed by atoms with Crippen LogP contribution in [0.5, 0.6) is 0 Å². The van der Waals surface area contributed by atoms with Crippen molar-refractivity contribution in [1.29, 1.82) is 5.26 Å². The van der Waals surface area contributed by atoms with Gasteiger partial charge in [0.1, 0.15) is 6.07 Å². The number of carboxylic acids is 1. The first-order valence-electron chi connectivity index (χ1n) is 3.99. The van der Waals surface area contributed by atoms with E-state index in [-0.39, 0.29) is 6.42 Å². The number of carbonyl (C=O) groups is 1. The van der Waals surface area contributed by atoms with Crippen molar-refractivity contribution in [2.24, 2.45) is 0 Å². The third-order valence-electron chi connectivity index (χ3n) is 1.80. The quantitative estimate of drug-likeness (QED) is 0.727. The molecule has 0 spiro atoms. The molecule has 4 heteroatoms. The van der Waals surface area contributed by atoms with Gasteiger partial charge in [-0.1, -0.05) is 6.07 Å². The fourth-order valence-corrected chi connectivity index (χ4v) is 1.67. The molecule has 0 aliphatic carbocycles. The summed E-state index contributed by atoms with van der Waals surface area (Å²) >= 11 is 4.12. The molecule has 0 aliphatic rings. The van der Waals surface area contributed by atoms with Crippen molar-refractivity contribution < 1.29 is 9.90 Å². The molecule has 1 aromatic rings. The number of nitrogens with zero attached hydrogens (tertiary/aromatic N) is 1. The molecule has 1 rings (SSSR count). The molecule has 72 valence electrons. The summed E-state index contributed by atoms with van der Waals surface area (Å²) < 4.78 is 0. The molecule has 0 saturated heterocycles. The summed E-state index contributed by atoms with van der Waals surface area (Å²) in [4.78, 5) is 11.1. The van der Waals surface area contributed by atoms with E-state index < -0.39 is 5.97 Å². The highest BCUT2D eigenvalue weighted by Crippen LogP contribution is 2.20. The summed E-state index contributed by atoms with van der Waals surface area (Å²) in [7, 11) is 0. The van der Waals surface area contributed by atoms with Crippen molar-refractivity contribution in [3.63, 3.8) is 0 Å². The van der Waals surface area contributed by atoms with Gasteiger partial charge in [-0.15, -0.1) is 12.6 Å². The fourth-order valence-electron chi connectivity index (χ4n) is 1.27. The van der Waals surface area contributed by atoms with Crippen LogP contribution >= 0.6 is 12.6 Å². The van der Waals surface area contributed by atoms with E-state index in [0.29, 0.717) is 16.0 Å². The van der Waals surface area contributed by atoms with Crippen LogP contribution in [0.2, 0.25) is 0 Å². The molecule has 3 nitrogen and oxygen atoms in total. The molecular formula is C10H9NO2S. The lowest BCUT2D eigenvalue weighted by molar-refractivity contribution is -0.136. The first-order valence-corrected chi connectivity index (χ1v) is 4.43. The Balaban J connectivity index is 3.26. The van der Waals surface area contributed by atoms with Gasteiger partial charge < -0.3 is 5.11 Å². The van der Waals surface area contributed by atoms with Gasteiger partial charge in [0.2, 0.25) is 0 Å². The van der Waals surface area contributed by atoms with Crippen LogP contribution in [0.1, 0.15) is 16.7 Å². The second-order valence-electron chi connectivity index (χ2n) is 3.00. The van der Waals surface area contributed by atoms with E-state index in [0.717, 1.165) is 5.56 Å². The van der Waals surface area contributed by atoms with Crippen LogP contribution in [0, 0.1) is 18.3 Å². The fraction of sp³-hybridized carbons (Fsp3) is 0.200. The monoisotopic (exact) mass is 207 g/mol. The standard InChI is InChI=1S/C10H9NO2S/c1-6-2-7(4-10(12)13)8(5-11)9(14)3-6/h2-3,14H,4H2,1H3,(H,12,13). The summed E-state index contributed by atoms with van der Waals surface area (Å²) in [5.74, 6) is -0.945. The van der Waals surface area contributed by atoms with Gasteiger partial charge in [-0.05, 0) is 24.1 Å². The van der Waals surface area contributed by atoms with E-state index in [1.165, 1.54) is 0 Å². The van der Waals surface area contributed by atoms with Crippen LogP contribution in [-0.2, 0) is 11.2 Å². The zero-order valence-electron chi connectivity index (χ0n) is 7.61. The van der Waals surface area contributed by atoms with E-state index >= 15 is 0 Å². The highest BCUT2D eigenvalue weighted by molar-refractivity contribution is 7.80. The Labute approximate surface area is 87.4 Å². The first-order chi connectivity index (χ1) is 6.54. The minimum Gasteiger partial charge on any atom is -0.481 e. The molecule has 0 bridgehead atoms. The maximum Gasteiger partial charge on any atom is 0.307 e. The summed E-state index contributed by atoms with van der Waals surface area (Å²) in [6.45, 7) is 1.84. The first kappa shape index (κ1) is 10.6. The minimum absolute atomic E-state index is 0.141. The van der Waals surface area contributed by atoms with Crippen molar-refractivity contribution in [2.75, 3.05) is 0 Å². The number of aryl methyl sites for hydroxylation is 1. The van der Waals surface area contributed by atoms with Gasteiger partial charge in [0.15, 0.2) is 0 Å². The maximum atomic E-state index is 10.5. The number of aliphatic carboxylic acids is 1. The zero-order chi connectivity index (χ0) is 10.7. The predicted octanol–water partition coefficient (Wildman–Crippen LogP) is 1.78. The Bertz CT molecular complexity index is 421. The number of nitriles is 1. The summed E-state index contributed by atoms with van der Waals surface area (Å²) in [5, 5.41) is 17.4. The second-order valence-corrected chi connectivity index (χ2v) is 3.48. The molecule has 0 aliphatic heterocycles. The van der Waals surface area contributed by atoms with Crippen molar-refractivity contribution in [3.05, 3.63) is 28.8 Å². The lowest BCUT2D eigenvalue weighted by atomic mass is 10.0. The lowest BCUT2D eigenvalue weighted by Gasteiger charge is -2.05. The molecule has 0 radical (unpaired) electrons. The molecule has 0 heterocycles. The Kier molecular flexibility index (Phi) is 3.15. The molecular weight excluding hydrogens is 198 g/mol. The van der Waals surface area contributed by atoms with Gasteiger partial charge in [0.05, 0.1) is 12.0 Å². The third kappa shape index (κ3) is 2.27. The van der Waals surface area contributed by atoms with E-state index in [9.17, 15) is 4.79 Å². The van der Waals surface area contributed by atoms with Crippen LogP contribution < -0.4 is 0 Å². The van der Waals surface area contributed by atoms with E-state index in [4.69, 9.17) is 10.4 Å². The number of carboxylic acid groups (broad SMARTS) is 1. The van der Waals surface area contributed by atoms with Crippen LogP contribution in [0.3, 0.4) is 0 Å². The zero-order valence-corrected chi connectivity index (χ0v) is 8.51. The Morgan fingerprint density at radius 3 is 2.79 bits per heavy atom.